The van der Waals surface area contributed by atoms with E-state index in [4.69, 9.17) is 4.55 Å². The van der Waals surface area contributed by atoms with Crippen LogP contribution in [0.15, 0.2) is 0 Å². The van der Waals surface area contributed by atoms with E-state index in [0.717, 1.165) is 12.8 Å². The van der Waals surface area contributed by atoms with Gasteiger partial charge in [0.05, 0.1) is 5.75 Å². The van der Waals surface area contributed by atoms with Crippen molar-refractivity contribution in [2.24, 2.45) is 0 Å². The van der Waals surface area contributed by atoms with Crippen LogP contribution < -0.4 is 0 Å². The minimum atomic E-state index is -3.75. The molecule has 0 saturated heterocycles. The molecule has 0 aliphatic rings. The first-order valence-electron chi connectivity index (χ1n) is 11.5. The van der Waals surface area contributed by atoms with Gasteiger partial charge in [-0.1, -0.05) is 129 Å². The predicted octanol–water partition coefficient (Wildman–Crippen LogP) is 7.05. The average Bonchev–Trinajstić information content (AvgIpc) is 2.59. The third-order valence-corrected chi connectivity index (χ3v) is 6.06. The van der Waals surface area contributed by atoms with E-state index >= 15 is 0 Å². The summed E-state index contributed by atoms with van der Waals surface area (Å²) >= 11 is 0. The van der Waals surface area contributed by atoms with E-state index in [9.17, 15) is 8.42 Å². The third-order valence-electron chi connectivity index (χ3n) is 5.26. The summed E-state index contributed by atoms with van der Waals surface area (Å²) in [6.45, 7) is 2.28. The van der Waals surface area contributed by atoms with E-state index < -0.39 is 10.1 Å². The first-order chi connectivity index (χ1) is 12.6. The molecule has 0 aromatic heterocycles. The summed E-state index contributed by atoms with van der Waals surface area (Å²) in [6.07, 6.45) is 26.2. The number of rotatable bonds is 21. The van der Waals surface area contributed by atoms with Crippen LogP contribution in [-0.2, 0) is 10.1 Å². The molecule has 0 aromatic carbocycles. The topological polar surface area (TPSA) is 54.4 Å². The van der Waals surface area contributed by atoms with E-state index in [0.29, 0.717) is 6.42 Å². The molecule has 160 valence electrons. The number of hydrogen-bond acceptors (Lipinski definition) is 2. The molecule has 0 rings (SSSR count). The molecule has 0 aromatic rings. The first-order valence-corrected chi connectivity index (χ1v) is 13.1. The van der Waals surface area contributed by atoms with Gasteiger partial charge in [0.1, 0.15) is 0 Å². The molecule has 0 fully saturated rings. The second kappa shape index (κ2) is 23.8. The van der Waals surface area contributed by atoms with Crippen LogP contribution in [0, 0.1) is 0 Å². The van der Waals surface area contributed by atoms with Crippen LogP contribution in [0.1, 0.15) is 135 Å². The van der Waals surface area contributed by atoms with Crippen molar-refractivity contribution in [3.05, 3.63) is 0 Å². The Balaban J connectivity index is 0. The Kier molecular flexibility index (Phi) is 27.1. The molecule has 0 heterocycles. The molecule has 0 unspecified atom stereocenters. The SMILES string of the molecule is CCCCCCCCCCCCCCCCCCCCCCS(=O)(=O)O.[KH]. The van der Waals surface area contributed by atoms with Crippen LogP contribution in [0.3, 0.4) is 0 Å². The van der Waals surface area contributed by atoms with Gasteiger partial charge in [-0.3, -0.25) is 4.55 Å². The summed E-state index contributed by atoms with van der Waals surface area (Å²) in [4.78, 5) is 0. The van der Waals surface area contributed by atoms with Gasteiger partial charge in [-0.2, -0.15) is 8.42 Å². The molecule has 1 N–H and O–H groups in total. The van der Waals surface area contributed by atoms with Crippen LogP contribution in [0.5, 0.6) is 0 Å². The standard InChI is InChI=1S/C22H46O3S.K.H/c1-2-3-4-5-6-7-8-9-10-11-12-13-14-15-16-17-18-19-20-21-22-26(23,24)25;;/h2-22H2,1H3,(H,23,24,25);;. The Hall–Kier alpha value is 1.55. The van der Waals surface area contributed by atoms with Crippen molar-refractivity contribution >= 4 is 61.5 Å². The van der Waals surface area contributed by atoms with E-state index in [1.807, 2.05) is 0 Å². The van der Waals surface area contributed by atoms with Crippen molar-refractivity contribution in [2.75, 3.05) is 5.75 Å². The van der Waals surface area contributed by atoms with Crippen molar-refractivity contribution in [2.45, 2.75) is 135 Å². The van der Waals surface area contributed by atoms with Gasteiger partial charge < -0.3 is 0 Å². The number of hydrogen-bond donors (Lipinski definition) is 1. The molecule has 0 aliphatic carbocycles. The van der Waals surface area contributed by atoms with Crippen molar-refractivity contribution in [1.29, 1.82) is 0 Å². The molecule has 0 spiro atoms. The normalized spacial score (nSPS) is 11.5. The van der Waals surface area contributed by atoms with Gasteiger partial charge in [-0.25, -0.2) is 0 Å². The molecule has 0 atom stereocenters. The van der Waals surface area contributed by atoms with Gasteiger partial charge in [-0.15, -0.1) is 0 Å². The monoisotopic (exact) mass is 430 g/mol. The second-order valence-electron chi connectivity index (χ2n) is 8.00. The number of unbranched alkanes of at least 4 members (excludes halogenated alkanes) is 19. The van der Waals surface area contributed by atoms with Crippen molar-refractivity contribution < 1.29 is 13.0 Å². The van der Waals surface area contributed by atoms with Crippen LogP contribution in [-0.4, -0.2) is 70.1 Å². The fourth-order valence-electron chi connectivity index (χ4n) is 3.54. The summed E-state index contributed by atoms with van der Waals surface area (Å²) < 4.78 is 29.8. The van der Waals surface area contributed by atoms with Gasteiger partial charge in [0.25, 0.3) is 10.1 Å². The Labute approximate surface area is 213 Å². The van der Waals surface area contributed by atoms with Crippen LogP contribution in [0.2, 0.25) is 0 Å². The molecule has 0 amide bonds. The molecule has 5 heteroatoms. The van der Waals surface area contributed by atoms with Crippen molar-refractivity contribution in [3.63, 3.8) is 0 Å². The first kappa shape index (κ1) is 30.7. The molecular formula is C22H47KO3S. The fraction of sp³-hybridized carbons (Fsp3) is 1.00. The molecular weight excluding hydrogens is 383 g/mol. The zero-order chi connectivity index (χ0) is 19.3. The van der Waals surface area contributed by atoms with Gasteiger partial charge in [0.2, 0.25) is 0 Å². The average molecular weight is 431 g/mol. The molecule has 0 saturated carbocycles. The molecule has 3 nitrogen and oxygen atoms in total. The van der Waals surface area contributed by atoms with Gasteiger partial charge in [0, 0.05) is 0 Å². The molecule has 0 aliphatic heterocycles. The summed E-state index contributed by atoms with van der Waals surface area (Å²) in [5.74, 6) is -0.0774. The van der Waals surface area contributed by atoms with E-state index in [1.54, 1.807) is 0 Å². The van der Waals surface area contributed by atoms with Crippen LogP contribution in [0.4, 0.5) is 0 Å². The maximum absolute atomic E-state index is 10.6. The summed E-state index contributed by atoms with van der Waals surface area (Å²) in [5, 5.41) is 0. The quantitative estimate of drug-likeness (QED) is 0.121. The second-order valence-corrected chi connectivity index (χ2v) is 9.58. The Morgan fingerprint density at radius 3 is 0.926 bits per heavy atom. The van der Waals surface area contributed by atoms with E-state index in [2.05, 4.69) is 6.92 Å². The van der Waals surface area contributed by atoms with Gasteiger partial charge in [-0.05, 0) is 6.42 Å². The van der Waals surface area contributed by atoms with Gasteiger partial charge >= 0.3 is 51.4 Å². The van der Waals surface area contributed by atoms with Crippen molar-refractivity contribution in [1.82, 2.24) is 0 Å². The van der Waals surface area contributed by atoms with Crippen LogP contribution in [0.25, 0.3) is 0 Å². The van der Waals surface area contributed by atoms with Crippen molar-refractivity contribution in [3.8, 4) is 0 Å². The summed E-state index contributed by atoms with van der Waals surface area (Å²) in [5.41, 5.74) is 0. The maximum atomic E-state index is 10.6. The molecule has 0 bridgehead atoms. The zero-order valence-electron chi connectivity index (χ0n) is 17.5. The Morgan fingerprint density at radius 1 is 0.481 bits per heavy atom. The Bertz CT molecular complexity index is 372. The Morgan fingerprint density at radius 2 is 0.704 bits per heavy atom. The van der Waals surface area contributed by atoms with E-state index in [1.165, 1.54) is 109 Å². The molecule has 27 heavy (non-hydrogen) atoms. The fourth-order valence-corrected chi connectivity index (χ4v) is 4.11. The van der Waals surface area contributed by atoms with Gasteiger partial charge in [0.15, 0.2) is 0 Å². The summed E-state index contributed by atoms with van der Waals surface area (Å²) in [7, 11) is -3.75. The zero-order valence-corrected chi connectivity index (χ0v) is 18.3. The minimum absolute atomic E-state index is 0. The van der Waals surface area contributed by atoms with E-state index in [-0.39, 0.29) is 57.1 Å². The van der Waals surface area contributed by atoms with Crippen LogP contribution >= 0.6 is 0 Å². The summed E-state index contributed by atoms with van der Waals surface area (Å²) in [6, 6.07) is 0. The third kappa shape index (κ3) is 29.8. The molecule has 0 radical (unpaired) electrons. The predicted molar refractivity (Wildman–Crippen MR) is 122 cm³/mol.